The zero-order valence-electron chi connectivity index (χ0n) is 11.5. The Balaban J connectivity index is 2.88. The SMILES string of the molecule is CC1CC(C(=O)O)(N(C)C(=O)OC(C)(C)C)CS1. The molecule has 1 heterocycles. The fraction of sp³-hybridized carbons (Fsp3) is 0.833. The lowest BCUT2D eigenvalue weighted by atomic mass is 9.95. The summed E-state index contributed by atoms with van der Waals surface area (Å²) in [6.07, 6.45) is -0.137. The molecular weight excluding hydrogens is 254 g/mol. The van der Waals surface area contributed by atoms with Crippen LogP contribution in [0.1, 0.15) is 34.1 Å². The highest BCUT2D eigenvalue weighted by Gasteiger charge is 2.51. The van der Waals surface area contributed by atoms with Crippen LogP contribution in [-0.2, 0) is 9.53 Å². The summed E-state index contributed by atoms with van der Waals surface area (Å²) in [6.45, 7) is 7.26. The van der Waals surface area contributed by atoms with Gasteiger partial charge < -0.3 is 9.84 Å². The third kappa shape index (κ3) is 3.10. The number of likely N-dealkylation sites (N-methyl/N-ethyl adjacent to an activating group) is 1. The summed E-state index contributed by atoms with van der Waals surface area (Å²) in [5.41, 5.74) is -1.77. The molecular formula is C12H21NO4S. The van der Waals surface area contributed by atoms with Crippen molar-refractivity contribution in [3.8, 4) is 0 Å². The number of carboxylic acids is 1. The fourth-order valence-corrected chi connectivity index (χ4v) is 3.29. The molecule has 104 valence electrons. The highest BCUT2D eigenvalue weighted by Crippen LogP contribution is 2.38. The first-order chi connectivity index (χ1) is 8.08. The number of nitrogens with zero attached hydrogens (tertiary/aromatic N) is 1. The molecule has 1 saturated heterocycles. The number of hydrogen-bond donors (Lipinski definition) is 1. The lowest BCUT2D eigenvalue weighted by Crippen LogP contribution is -2.56. The van der Waals surface area contributed by atoms with Crippen LogP contribution in [0, 0.1) is 0 Å². The van der Waals surface area contributed by atoms with E-state index < -0.39 is 23.2 Å². The molecule has 1 fully saturated rings. The van der Waals surface area contributed by atoms with Gasteiger partial charge in [0.2, 0.25) is 0 Å². The van der Waals surface area contributed by atoms with Gasteiger partial charge in [0.25, 0.3) is 0 Å². The number of rotatable bonds is 2. The largest absolute Gasteiger partial charge is 0.479 e. The molecule has 1 aliphatic heterocycles. The van der Waals surface area contributed by atoms with E-state index in [-0.39, 0.29) is 5.25 Å². The Labute approximate surface area is 112 Å². The van der Waals surface area contributed by atoms with Gasteiger partial charge in [-0.1, -0.05) is 6.92 Å². The highest BCUT2D eigenvalue weighted by molar-refractivity contribution is 8.00. The first-order valence-electron chi connectivity index (χ1n) is 5.90. The molecule has 0 radical (unpaired) electrons. The maximum absolute atomic E-state index is 12.0. The molecule has 6 heteroatoms. The van der Waals surface area contributed by atoms with E-state index in [1.54, 1.807) is 32.5 Å². The van der Waals surface area contributed by atoms with E-state index in [1.165, 1.54) is 11.9 Å². The predicted molar refractivity (Wildman–Crippen MR) is 70.9 cm³/mol. The Morgan fingerprint density at radius 2 is 2.00 bits per heavy atom. The molecule has 1 rings (SSSR count). The molecule has 1 amide bonds. The van der Waals surface area contributed by atoms with E-state index >= 15 is 0 Å². The maximum Gasteiger partial charge on any atom is 0.411 e. The van der Waals surface area contributed by atoms with Crippen molar-refractivity contribution in [1.82, 2.24) is 4.90 Å². The lowest BCUT2D eigenvalue weighted by molar-refractivity contribution is -0.149. The Kier molecular flexibility index (Phi) is 4.20. The van der Waals surface area contributed by atoms with Crippen molar-refractivity contribution in [3.63, 3.8) is 0 Å². The molecule has 0 aromatic carbocycles. The van der Waals surface area contributed by atoms with Crippen molar-refractivity contribution in [2.75, 3.05) is 12.8 Å². The van der Waals surface area contributed by atoms with Gasteiger partial charge in [0.05, 0.1) is 0 Å². The van der Waals surface area contributed by atoms with Crippen molar-refractivity contribution in [2.45, 2.75) is 50.5 Å². The van der Waals surface area contributed by atoms with Crippen molar-refractivity contribution < 1.29 is 19.4 Å². The quantitative estimate of drug-likeness (QED) is 0.837. The van der Waals surface area contributed by atoms with Crippen LogP contribution in [0.15, 0.2) is 0 Å². The van der Waals surface area contributed by atoms with Gasteiger partial charge in [-0.05, 0) is 27.2 Å². The van der Waals surface area contributed by atoms with E-state index in [4.69, 9.17) is 4.74 Å². The second-order valence-electron chi connectivity index (χ2n) is 5.70. The van der Waals surface area contributed by atoms with E-state index in [1.807, 2.05) is 6.92 Å². The van der Waals surface area contributed by atoms with Crippen LogP contribution in [0.5, 0.6) is 0 Å². The van der Waals surface area contributed by atoms with E-state index in [9.17, 15) is 14.7 Å². The summed E-state index contributed by atoms with van der Waals surface area (Å²) >= 11 is 1.57. The number of carboxylic acid groups (broad SMARTS) is 1. The maximum atomic E-state index is 12.0. The smallest absolute Gasteiger partial charge is 0.411 e. The molecule has 0 saturated carbocycles. The van der Waals surface area contributed by atoms with Gasteiger partial charge in [-0.15, -0.1) is 0 Å². The third-order valence-corrected chi connectivity index (χ3v) is 4.32. The number of hydrogen-bond acceptors (Lipinski definition) is 4. The monoisotopic (exact) mass is 275 g/mol. The summed E-state index contributed by atoms with van der Waals surface area (Å²) in [6, 6.07) is 0. The average Bonchev–Trinajstić information content (AvgIpc) is 2.58. The molecule has 5 nitrogen and oxygen atoms in total. The minimum absolute atomic E-state index is 0.228. The fourth-order valence-electron chi connectivity index (χ4n) is 1.90. The zero-order valence-corrected chi connectivity index (χ0v) is 12.3. The molecule has 2 atom stereocenters. The predicted octanol–water partition coefficient (Wildman–Crippen LogP) is 2.20. The standard InChI is InChI=1S/C12H21NO4S/c1-8-6-12(7-18-8,9(14)15)13(5)10(16)17-11(2,3)4/h8H,6-7H2,1-5H3,(H,14,15). The minimum Gasteiger partial charge on any atom is -0.479 e. The number of thioether (sulfide) groups is 1. The summed E-state index contributed by atoms with van der Waals surface area (Å²) < 4.78 is 5.24. The highest BCUT2D eigenvalue weighted by atomic mass is 32.2. The van der Waals surface area contributed by atoms with Gasteiger partial charge in [-0.25, -0.2) is 9.59 Å². The third-order valence-electron chi connectivity index (χ3n) is 2.94. The summed E-state index contributed by atoms with van der Waals surface area (Å²) in [5, 5.41) is 9.66. The minimum atomic E-state index is -1.15. The average molecular weight is 275 g/mol. The van der Waals surface area contributed by atoms with Gasteiger partial charge in [-0.2, -0.15) is 11.8 Å². The normalized spacial score (nSPS) is 27.9. The van der Waals surface area contributed by atoms with Crippen molar-refractivity contribution in [3.05, 3.63) is 0 Å². The zero-order chi connectivity index (χ0) is 14.1. The number of carbonyl (C=O) groups excluding carboxylic acids is 1. The second-order valence-corrected chi connectivity index (χ2v) is 7.13. The van der Waals surface area contributed by atoms with Crippen LogP contribution in [0.25, 0.3) is 0 Å². The molecule has 1 N–H and O–H groups in total. The van der Waals surface area contributed by atoms with E-state index in [2.05, 4.69) is 0 Å². The summed E-state index contributed by atoms with van der Waals surface area (Å²) in [4.78, 5) is 24.7. The molecule has 2 unspecified atom stereocenters. The van der Waals surface area contributed by atoms with E-state index in [0.717, 1.165) is 0 Å². The molecule has 0 aliphatic carbocycles. The number of carbonyl (C=O) groups is 2. The van der Waals surface area contributed by atoms with Gasteiger partial charge in [-0.3, -0.25) is 4.90 Å². The first-order valence-corrected chi connectivity index (χ1v) is 6.95. The molecule has 0 aromatic rings. The van der Waals surface area contributed by atoms with Gasteiger partial charge in [0.15, 0.2) is 5.54 Å². The van der Waals surface area contributed by atoms with Gasteiger partial charge in [0.1, 0.15) is 5.60 Å². The van der Waals surface area contributed by atoms with Crippen molar-refractivity contribution in [1.29, 1.82) is 0 Å². The second kappa shape index (κ2) is 4.99. The van der Waals surface area contributed by atoms with Crippen LogP contribution in [0.4, 0.5) is 4.79 Å². The molecule has 0 aromatic heterocycles. The Morgan fingerprint density at radius 3 is 2.33 bits per heavy atom. The summed E-state index contributed by atoms with van der Waals surface area (Å²) in [7, 11) is 1.50. The first kappa shape index (κ1) is 15.1. The summed E-state index contributed by atoms with van der Waals surface area (Å²) in [5.74, 6) is -0.563. The lowest BCUT2D eigenvalue weighted by Gasteiger charge is -2.35. The molecule has 0 spiro atoms. The van der Waals surface area contributed by atoms with Crippen molar-refractivity contribution >= 4 is 23.8 Å². The topological polar surface area (TPSA) is 66.8 Å². The van der Waals surface area contributed by atoms with Crippen molar-refractivity contribution in [2.24, 2.45) is 0 Å². The van der Waals surface area contributed by atoms with Crippen LogP contribution in [0.3, 0.4) is 0 Å². The van der Waals surface area contributed by atoms with Crippen LogP contribution >= 0.6 is 11.8 Å². The van der Waals surface area contributed by atoms with Gasteiger partial charge >= 0.3 is 12.1 Å². The number of amides is 1. The van der Waals surface area contributed by atoms with Crippen LogP contribution < -0.4 is 0 Å². The Morgan fingerprint density at radius 1 is 1.44 bits per heavy atom. The van der Waals surface area contributed by atoms with Crippen LogP contribution in [-0.4, -0.2) is 51.3 Å². The molecule has 18 heavy (non-hydrogen) atoms. The van der Waals surface area contributed by atoms with E-state index in [0.29, 0.717) is 12.2 Å². The molecule has 1 aliphatic rings. The molecule has 0 bridgehead atoms. The Hall–Kier alpha value is -0.910. The number of aliphatic carboxylic acids is 1. The van der Waals surface area contributed by atoms with Gasteiger partial charge in [0, 0.05) is 18.1 Å². The number of ether oxygens (including phenoxy) is 1. The van der Waals surface area contributed by atoms with Crippen LogP contribution in [0.2, 0.25) is 0 Å². The Bertz CT molecular complexity index is 352.